The first-order chi connectivity index (χ1) is 12.2. The summed E-state index contributed by atoms with van der Waals surface area (Å²) in [5.41, 5.74) is 1.15. The first-order valence-corrected chi connectivity index (χ1v) is 12.3. The van der Waals surface area contributed by atoms with Gasteiger partial charge in [0.2, 0.25) is 0 Å². The molecule has 0 atom stereocenters. The third-order valence-corrected chi connectivity index (χ3v) is 13.4. The van der Waals surface area contributed by atoms with Gasteiger partial charge >= 0.3 is 149 Å². The Hall–Kier alpha value is -2.60. The molecular weight excluding hydrogens is 375 g/mol. The van der Waals surface area contributed by atoms with Gasteiger partial charge in [0, 0.05) is 0 Å². The van der Waals surface area contributed by atoms with E-state index >= 15 is 0 Å². The van der Waals surface area contributed by atoms with Crippen molar-refractivity contribution in [2.45, 2.75) is 0 Å². The quantitative estimate of drug-likeness (QED) is 0.486. The average molecular weight is 394 g/mol. The van der Waals surface area contributed by atoms with E-state index < -0.39 is 13.3 Å². The summed E-state index contributed by atoms with van der Waals surface area (Å²) in [6, 6.07) is 20.5. The second-order valence-electron chi connectivity index (χ2n) is 6.12. The van der Waals surface area contributed by atoms with Gasteiger partial charge in [-0.1, -0.05) is 0 Å². The van der Waals surface area contributed by atoms with Crippen molar-refractivity contribution in [3.63, 3.8) is 0 Å². The summed E-state index contributed by atoms with van der Waals surface area (Å²) >= 11 is -3.40. The van der Waals surface area contributed by atoms with Crippen LogP contribution in [0.1, 0.15) is 0 Å². The van der Waals surface area contributed by atoms with E-state index in [2.05, 4.69) is 29.2 Å². The normalized spacial score (nSPS) is 11.6. The third-order valence-electron chi connectivity index (χ3n) is 4.49. The third kappa shape index (κ3) is 2.53. The van der Waals surface area contributed by atoms with Gasteiger partial charge in [-0.25, -0.2) is 0 Å². The molecule has 3 aromatic heterocycles. The molecule has 5 heteroatoms. The molecule has 0 N–H and O–H groups in total. The Morgan fingerprint density at radius 2 is 1.08 bits per heavy atom. The Bertz CT molecular complexity index is 824. The van der Waals surface area contributed by atoms with E-state index in [0.29, 0.717) is 0 Å². The number of nitrogens with zero attached hydrogens (tertiary/aromatic N) is 1. The Kier molecular flexibility index (Phi) is 4.05. The topological polar surface area (TPSA) is 42.7 Å². The van der Waals surface area contributed by atoms with E-state index in [0.717, 1.165) is 19.5 Å². The monoisotopic (exact) mass is 395 g/mol. The van der Waals surface area contributed by atoms with E-state index in [1.807, 2.05) is 50.5 Å². The Morgan fingerprint density at radius 1 is 0.640 bits per heavy atom. The van der Waals surface area contributed by atoms with E-state index in [4.69, 9.17) is 13.3 Å². The Labute approximate surface area is 149 Å². The molecule has 4 nitrogen and oxygen atoms in total. The molecule has 0 saturated heterocycles. The molecule has 0 spiro atoms. The zero-order valence-corrected chi connectivity index (χ0v) is 16.3. The number of hydrogen-bond donors (Lipinski definition) is 0. The minimum absolute atomic E-state index is 0.933. The molecule has 1 aromatic carbocycles. The van der Waals surface area contributed by atoms with Crippen LogP contribution in [0.5, 0.6) is 0 Å². The van der Waals surface area contributed by atoms with Crippen LogP contribution in [0, 0.1) is 0 Å². The van der Waals surface area contributed by atoms with Crippen LogP contribution in [0.3, 0.4) is 0 Å². The number of hydrogen-bond acceptors (Lipinski definition) is 4. The summed E-state index contributed by atoms with van der Waals surface area (Å²) in [6.45, 7) is 0. The van der Waals surface area contributed by atoms with Crippen LogP contribution in [0.4, 0.5) is 5.69 Å². The predicted octanol–water partition coefficient (Wildman–Crippen LogP) is 1.91. The molecule has 0 radical (unpaired) electrons. The summed E-state index contributed by atoms with van der Waals surface area (Å²) in [5.74, 6) is 0. The van der Waals surface area contributed by atoms with Crippen molar-refractivity contribution in [1.82, 2.24) is 0 Å². The average Bonchev–Trinajstić information content (AvgIpc) is 3.40. The maximum absolute atomic E-state index is 5.93. The van der Waals surface area contributed by atoms with Gasteiger partial charge in [-0.05, 0) is 0 Å². The van der Waals surface area contributed by atoms with Crippen LogP contribution >= 0.6 is 0 Å². The summed E-state index contributed by atoms with van der Waals surface area (Å²) < 4.78 is 21.8. The molecule has 0 unspecified atom stereocenters. The standard InChI is InChI=1S/C20H19GeNO3/c1-22(2)17-11-9-16(10-12-17)21(18-6-3-13-23-18,19-7-4-14-24-19)20-8-5-15-25-20/h3-15H,1-2H3. The molecule has 25 heavy (non-hydrogen) atoms. The molecule has 126 valence electrons. The molecule has 0 fully saturated rings. The number of furan rings is 3. The van der Waals surface area contributed by atoms with Crippen molar-refractivity contribution in [2.75, 3.05) is 19.0 Å². The zero-order chi connectivity index (χ0) is 17.3. The number of benzene rings is 1. The van der Waals surface area contributed by atoms with Crippen molar-refractivity contribution >= 4 is 37.1 Å². The fraction of sp³-hybridized carbons (Fsp3) is 0.100. The van der Waals surface area contributed by atoms with Crippen molar-refractivity contribution in [3.05, 3.63) is 79.5 Å². The molecule has 0 aliphatic heterocycles. The summed E-state index contributed by atoms with van der Waals surface area (Å²) in [7, 11) is 4.07. The van der Waals surface area contributed by atoms with Crippen molar-refractivity contribution < 1.29 is 13.3 Å². The van der Waals surface area contributed by atoms with Crippen molar-refractivity contribution in [1.29, 1.82) is 0 Å². The van der Waals surface area contributed by atoms with E-state index in [1.165, 1.54) is 4.40 Å². The van der Waals surface area contributed by atoms with Gasteiger partial charge in [-0.15, -0.1) is 0 Å². The first-order valence-electron chi connectivity index (χ1n) is 8.12. The maximum atomic E-state index is 5.93. The van der Waals surface area contributed by atoms with Gasteiger partial charge in [-0.3, -0.25) is 0 Å². The summed E-state index contributed by atoms with van der Waals surface area (Å²) in [6.07, 6.45) is 5.15. The Morgan fingerprint density at radius 3 is 1.40 bits per heavy atom. The predicted molar refractivity (Wildman–Crippen MR) is 101 cm³/mol. The van der Waals surface area contributed by atoms with Crippen LogP contribution in [0.25, 0.3) is 0 Å². The van der Waals surface area contributed by atoms with Gasteiger partial charge in [0.25, 0.3) is 0 Å². The zero-order valence-electron chi connectivity index (χ0n) is 14.2. The van der Waals surface area contributed by atoms with Crippen LogP contribution in [0.2, 0.25) is 0 Å². The first kappa shape index (κ1) is 15.9. The van der Waals surface area contributed by atoms with Crippen LogP contribution in [-0.2, 0) is 0 Å². The summed E-state index contributed by atoms with van der Waals surface area (Å²) in [5, 5.41) is 0. The number of rotatable bonds is 5. The molecule has 0 saturated carbocycles. The molecular formula is C20H19GeNO3. The second kappa shape index (κ2) is 6.37. The SMILES string of the molecule is CN(C)c1cc[c]([Ge]([c]2ccco2)([c]2ccco2)[c]2ccco2)cc1. The van der Waals surface area contributed by atoms with Gasteiger partial charge in [0.1, 0.15) is 0 Å². The molecule has 0 aliphatic rings. The van der Waals surface area contributed by atoms with Crippen LogP contribution in [0.15, 0.2) is 92.7 Å². The Balaban J connectivity index is 2.01. The molecule has 4 aromatic rings. The second-order valence-corrected chi connectivity index (χ2v) is 13.6. The van der Waals surface area contributed by atoms with Crippen molar-refractivity contribution in [3.8, 4) is 0 Å². The fourth-order valence-corrected chi connectivity index (χ4v) is 11.7. The van der Waals surface area contributed by atoms with Crippen molar-refractivity contribution in [2.24, 2.45) is 0 Å². The molecule has 0 amide bonds. The van der Waals surface area contributed by atoms with E-state index in [-0.39, 0.29) is 0 Å². The van der Waals surface area contributed by atoms with Gasteiger partial charge in [0.15, 0.2) is 0 Å². The summed E-state index contributed by atoms with van der Waals surface area (Å²) in [4.78, 5) is 2.09. The van der Waals surface area contributed by atoms with Crippen LogP contribution in [-0.4, -0.2) is 27.4 Å². The van der Waals surface area contributed by atoms with Gasteiger partial charge in [0.05, 0.1) is 0 Å². The fourth-order valence-electron chi connectivity index (χ4n) is 3.28. The van der Waals surface area contributed by atoms with Gasteiger partial charge < -0.3 is 0 Å². The molecule has 3 heterocycles. The molecule has 0 bridgehead atoms. The van der Waals surface area contributed by atoms with Gasteiger partial charge in [-0.2, -0.15) is 0 Å². The molecule has 4 rings (SSSR count). The van der Waals surface area contributed by atoms with E-state index in [9.17, 15) is 0 Å². The van der Waals surface area contributed by atoms with E-state index in [1.54, 1.807) is 18.8 Å². The minimum atomic E-state index is -3.40. The van der Waals surface area contributed by atoms with Crippen LogP contribution < -0.4 is 23.1 Å². The molecule has 0 aliphatic carbocycles. The number of anilines is 1.